The largest absolute Gasteiger partial charge is 0.357 e. The number of nitrogens with one attached hydrogen (secondary N) is 1. The van der Waals surface area contributed by atoms with Gasteiger partial charge >= 0.3 is 0 Å². The SMILES string of the molecule is Cc1cc(N2CCC[C@@]2(C)c2nc3cc(F)c(Br)cc3[nH]2)c(-n2nccn2)[c]n1. The number of halogens is 2. The maximum Gasteiger partial charge on any atom is 0.139 e. The van der Waals surface area contributed by atoms with E-state index in [2.05, 4.69) is 54.1 Å². The van der Waals surface area contributed by atoms with Crippen molar-refractivity contribution in [1.29, 1.82) is 0 Å². The zero-order valence-electron chi connectivity index (χ0n) is 15.9. The van der Waals surface area contributed by atoms with Gasteiger partial charge in [0.25, 0.3) is 0 Å². The minimum absolute atomic E-state index is 0.324. The van der Waals surface area contributed by atoms with Crippen molar-refractivity contribution in [2.24, 2.45) is 0 Å². The Morgan fingerprint density at radius 2 is 2.03 bits per heavy atom. The lowest BCUT2D eigenvalue weighted by atomic mass is 9.97. The van der Waals surface area contributed by atoms with Gasteiger partial charge in [-0.05, 0) is 54.8 Å². The molecule has 4 aromatic rings. The molecule has 1 aliphatic heterocycles. The van der Waals surface area contributed by atoms with Crippen LogP contribution in [0.3, 0.4) is 0 Å². The fourth-order valence-electron chi connectivity index (χ4n) is 4.04. The van der Waals surface area contributed by atoms with Gasteiger partial charge in [0.15, 0.2) is 0 Å². The Kier molecular flexibility index (Phi) is 4.16. The Morgan fingerprint density at radius 3 is 2.83 bits per heavy atom. The van der Waals surface area contributed by atoms with E-state index >= 15 is 0 Å². The molecule has 0 spiro atoms. The second-order valence-electron chi connectivity index (χ2n) is 7.46. The van der Waals surface area contributed by atoms with Crippen molar-refractivity contribution in [3.8, 4) is 5.69 Å². The normalized spacial score (nSPS) is 19.4. The van der Waals surface area contributed by atoms with Gasteiger partial charge in [-0.3, -0.25) is 0 Å². The molecule has 9 heteroatoms. The number of fused-ring (bicyclic) bond motifs is 1. The molecular weight excluding hydrogens is 437 g/mol. The van der Waals surface area contributed by atoms with Crippen LogP contribution in [0.25, 0.3) is 16.7 Å². The van der Waals surface area contributed by atoms with Gasteiger partial charge in [-0.15, -0.1) is 4.80 Å². The number of H-pyrrole nitrogens is 1. The molecule has 0 bridgehead atoms. The summed E-state index contributed by atoms with van der Waals surface area (Å²) in [4.78, 5) is 16.3. The van der Waals surface area contributed by atoms with E-state index in [1.807, 2.05) is 13.0 Å². The third-order valence-corrected chi connectivity index (χ3v) is 6.12. The minimum atomic E-state index is -0.397. The molecule has 7 nitrogen and oxygen atoms in total. The molecule has 147 valence electrons. The highest BCUT2D eigenvalue weighted by molar-refractivity contribution is 9.10. The van der Waals surface area contributed by atoms with Crippen molar-refractivity contribution < 1.29 is 4.39 Å². The van der Waals surface area contributed by atoms with E-state index in [0.717, 1.165) is 42.1 Å². The molecular formula is C20H18BrFN7. The highest BCUT2D eigenvalue weighted by Gasteiger charge is 2.42. The highest BCUT2D eigenvalue weighted by Crippen LogP contribution is 2.43. The van der Waals surface area contributed by atoms with E-state index in [4.69, 9.17) is 4.98 Å². The van der Waals surface area contributed by atoms with E-state index in [9.17, 15) is 4.39 Å². The molecule has 5 rings (SSSR count). The van der Waals surface area contributed by atoms with Crippen LogP contribution >= 0.6 is 15.9 Å². The van der Waals surface area contributed by atoms with Gasteiger partial charge in [0.1, 0.15) is 23.5 Å². The molecule has 1 aromatic carbocycles. The number of anilines is 1. The van der Waals surface area contributed by atoms with Crippen molar-refractivity contribution in [2.75, 3.05) is 11.4 Å². The molecule has 1 atom stereocenters. The number of rotatable bonds is 3. The lowest BCUT2D eigenvalue weighted by molar-refractivity contribution is 0.465. The molecule has 1 aliphatic rings. The van der Waals surface area contributed by atoms with Gasteiger partial charge in [-0.25, -0.2) is 14.4 Å². The third kappa shape index (κ3) is 2.91. The van der Waals surface area contributed by atoms with Crippen molar-refractivity contribution >= 4 is 32.7 Å². The second kappa shape index (κ2) is 6.62. The summed E-state index contributed by atoms with van der Waals surface area (Å²) in [6.07, 6.45) is 8.24. The van der Waals surface area contributed by atoms with Crippen LogP contribution in [0.15, 0.2) is 35.1 Å². The van der Waals surface area contributed by atoms with E-state index in [0.29, 0.717) is 15.7 Å². The molecule has 4 heterocycles. The van der Waals surface area contributed by atoms with Crippen LogP contribution in [-0.4, -0.2) is 36.5 Å². The predicted molar refractivity (Wildman–Crippen MR) is 110 cm³/mol. The Balaban J connectivity index is 1.65. The third-order valence-electron chi connectivity index (χ3n) is 5.51. The molecule has 0 saturated carbocycles. The Labute approximate surface area is 175 Å². The molecule has 3 aromatic heterocycles. The van der Waals surface area contributed by atoms with Gasteiger partial charge in [0.05, 0.1) is 39.1 Å². The first-order chi connectivity index (χ1) is 14.0. The molecule has 0 aliphatic carbocycles. The minimum Gasteiger partial charge on any atom is -0.357 e. The first-order valence-corrected chi connectivity index (χ1v) is 10.1. The summed E-state index contributed by atoms with van der Waals surface area (Å²) in [5, 5.41) is 8.52. The fraction of sp³-hybridized carbons (Fsp3) is 0.300. The van der Waals surface area contributed by atoms with Gasteiger partial charge < -0.3 is 9.88 Å². The monoisotopic (exact) mass is 454 g/mol. The number of nitrogens with zero attached hydrogens (tertiary/aromatic N) is 6. The lowest BCUT2D eigenvalue weighted by Crippen LogP contribution is -2.40. The fourth-order valence-corrected chi connectivity index (χ4v) is 4.38. The number of imidazole rings is 1. The first-order valence-electron chi connectivity index (χ1n) is 9.34. The average Bonchev–Trinajstić information content (AvgIpc) is 3.42. The van der Waals surface area contributed by atoms with Crippen molar-refractivity contribution in [2.45, 2.75) is 32.2 Å². The summed E-state index contributed by atoms with van der Waals surface area (Å²) in [5.41, 5.74) is 3.51. The van der Waals surface area contributed by atoms with Crippen LogP contribution in [0.5, 0.6) is 0 Å². The summed E-state index contributed by atoms with van der Waals surface area (Å²) < 4.78 is 14.4. The summed E-state index contributed by atoms with van der Waals surface area (Å²) in [6.45, 7) is 4.94. The van der Waals surface area contributed by atoms with Crippen LogP contribution in [0.4, 0.5) is 10.1 Å². The number of aryl methyl sites for hydroxylation is 1. The number of aromatic nitrogens is 6. The lowest BCUT2D eigenvalue weighted by Gasteiger charge is -2.36. The molecule has 0 unspecified atom stereocenters. The van der Waals surface area contributed by atoms with Crippen LogP contribution in [0.2, 0.25) is 0 Å². The topological polar surface area (TPSA) is 75.5 Å². The number of hydrogen-bond acceptors (Lipinski definition) is 5. The summed E-state index contributed by atoms with van der Waals surface area (Å²) in [6, 6.07) is 5.20. The zero-order chi connectivity index (χ0) is 20.2. The average molecular weight is 455 g/mol. The van der Waals surface area contributed by atoms with Crippen molar-refractivity contribution in [1.82, 2.24) is 29.9 Å². The van der Waals surface area contributed by atoms with Crippen LogP contribution < -0.4 is 4.90 Å². The van der Waals surface area contributed by atoms with Gasteiger partial charge in [0.2, 0.25) is 0 Å². The Morgan fingerprint density at radius 1 is 1.24 bits per heavy atom. The summed E-state index contributed by atoms with van der Waals surface area (Å²) in [7, 11) is 0. The zero-order valence-corrected chi connectivity index (χ0v) is 17.5. The van der Waals surface area contributed by atoms with Crippen LogP contribution in [0.1, 0.15) is 31.3 Å². The predicted octanol–water partition coefficient (Wildman–Crippen LogP) is 4.06. The maximum absolute atomic E-state index is 14.0. The quantitative estimate of drug-likeness (QED) is 0.504. The van der Waals surface area contributed by atoms with Crippen molar-refractivity contribution in [3.63, 3.8) is 0 Å². The standard InChI is InChI=1S/C20H18BrFN7/c1-12-8-17(18(11-23-12)29-24-5-6-25-29)28-7-3-4-20(28,2)19-26-15-9-13(21)14(22)10-16(15)27-19/h5-6,8-10H,3-4,7H2,1-2H3,(H,26,27)/t20-/m0/s1. The number of pyridine rings is 1. The second-order valence-corrected chi connectivity index (χ2v) is 8.31. The van der Waals surface area contributed by atoms with Crippen LogP contribution in [0, 0.1) is 18.9 Å². The highest BCUT2D eigenvalue weighted by atomic mass is 79.9. The van der Waals surface area contributed by atoms with Gasteiger partial charge in [-0.1, -0.05) is 0 Å². The van der Waals surface area contributed by atoms with Crippen molar-refractivity contribution in [3.05, 3.63) is 58.6 Å². The number of hydrogen-bond donors (Lipinski definition) is 1. The van der Waals surface area contributed by atoms with Crippen LogP contribution in [-0.2, 0) is 5.54 Å². The summed E-state index contributed by atoms with van der Waals surface area (Å²) >= 11 is 3.25. The molecule has 1 N–H and O–H groups in total. The number of benzene rings is 1. The molecule has 29 heavy (non-hydrogen) atoms. The van der Waals surface area contributed by atoms with E-state index in [1.54, 1.807) is 18.5 Å². The van der Waals surface area contributed by atoms with Gasteiger partial charge in [0, 0.05) is 18.3 Å². The van der Waals surface area contributed by atoms with Gasteiger partial charge in [-0.2, -0.15) is 10.2 Å². The molecule has 1 radical (unpaired) electrons. The number of aromatic amines is 1. The summed E-state index contributed by atoms with van der Waals surface area (Å²) in [5.74, 6) is 0.478. The Hall–Kier alpha value is -2.81. The van der Waals surface area contributed by atoms with E-state index in [-0.39, 0.29) is 5.82 Å². The smallest absolute Gasteiger partial charge is 0.139 e. The first kappa shape index (κ1) is 18.2. The van der Waals surface area contributed by atoms with E-state index < -0.39 is 5.54 Å². The Bertz CT molecular complexity index is 1160. The maximum atomic E-state index is 14.0. The molecule has 1 fully saturated rings. The van der Waals surface area contributed by atoms with E-state index in [1.165, 1.54) is 10.9 Å². The molecule has 1 saturated heterocycles. The molecule has 0 amide bonds.